The Balaban J connectivity index is 3.33. The minimum absolute atomic E-state index is 0.0227. The molecule has 0 atom stereocenters. The van der Waals surface area contributed by atoms with Crippen molar-refractivity contribution in [2.45, 2.75) is 19.3 Å². The smallest absolute Gasteiger partial charge is 0.306 e. The van der Waals surface area contributed by atoms with Gasteiger partial charge >= 0.3 is 11.9 Å². The van der Waals surface area contributed by atoms with Crippen molar-refractivity contribution < 1.29 is 19.4 Å². The van der Waals surface area contributed by atoms with Crippen molar-refractivity contribution >= 4 is 11.9 Å². The van der Waals surface area contributed by atoms with E-state index in [-0.39, 0.29) is 19.4 Å². The highest BCUT2D eigenvalue weighted by Gasteiger charge is 2.03. The molecule has 0 spiro atoms. The third-order valence-electron chi connectivity index (χ3n) is 1.09. The van der Waals surface area contributed by atoms with Crippen LogP contribution in [-0.4, -0.2) is 23.7 Å². The van der Waals surface area contributed by atoms with Crippen LogP contribution in [-0.2, 0) is 14.3 Å². The molecule has 0 aliphatic heterocycles. The first kappa shape index (κ1) is 10.5. The Kier molecular flexibility index (Phi) is 5.45. The lowest BCUT2D eigenvalue weighted by Gasteiger charge is -1.98. The highest BCUT2D eigenvalue weighted by molar-refractivity contribution is 5.71. The second-order valence-electron chi connectivity index (χ2n) is 2.11. The first-order valence-electron chi connectivity index (χ1n) is 3.47. The van der Waals surface area contributed by atoms with Crippen molar-refractivity contribution in [1.82, 2.24) is 0 Å². The maximum Gasteiger partial charge on any atom is 0.306 e. The summed E-state index contributed by atoms with van der Waals surface area (Å²) >= 11 is 0. The number of rotatable bonds is 5. The standard InChI is InChI=1S/C8H10O4/c1-2-6-12-8(11)5-3-4-7(9)10/h1H,3-6H2,(H,9,10). The summed E-state index contributed by atoms with van der Waals surface area (Å²) in [5.74, 6) is 0.772. The molecule has 66 valence electrons. The van der Waals surface area contributed by atoms with Crippen LogP contribution < -0.4 is 0 Å². The van der Waals surface area contributed by atoms with Crippen molar-refractivity contribution in [3.8, 4) is 12.3 Å². The molecule has 0 bridgehead atoms. The molecule has 12 heavy (non-hydrogen) atoms. The molecule has 4 heteroatoms. The molecule has 0 aromatic carbocycles. The highest BCUT2D eigenvalue weighted by Crippen LogP contribution is 1.96. The number of carbonyl (C=O) groups excluding carboxylic acids is 1. The SMILES string of the molecule is C#CCOC(=O)CCCC(=O)O. The molecule has 0 aliphatic carbocycles. The summed E-state index contributed by atoms with van der Waals surface area (Å²) in [4.78, 5) is 20.7. The number of ether oxygens (including phenoxy) is 1. The van der Waals surface area contributed by atoms with Crippen LogP contribution in [0.2, 0.25) is 0 Å². The minimum Gasteiger partial charge on any atom is -0.481 e. The molecular weight excluding hydrogens is 160 g/mol. The van der Waals surface area contributed by atoms with E-state index in [0.29, 0.717) is 6.42 Å². The van der Waals surface area contributed by atoms with Crippen LogP contribution in [0.15, 0.2) is 0 Å². The third-order valence-corrected chi connectivity index (χ3v) is 1.09. The lowest BCUT2D eigenvalue weighted by molar-refractivity contribution is -0.142. The molecule has 0 saturated heterocycles. The number of carboxylic acid groups (broad SMARTS) is 1. The summed E-state index contributed by atoms with van der Waals surface area (Å²) in [6.07, 6.45) is 5.21. The van der Waals surface area contributed by atoms with Crippen molar-refractivity contribution in [2.75, 3.05) is 6.61 Å². The van der Waals surface area contributed by atoms with Gasteiger partial charge in [0.15, 0.2) is 6.61 Å². The summed E-state index contributed by atoms with van der Waals surface area (Å²) in [6.45, 7) is -0.0497. The van der Waals surface area contributed by atoms with Crippen LogP contribution in [0.5, 0.6) is 0 Å². The third kappa shape index (κ3) is 6.62. The van der Waals surface area contributed by atoms with Gasteiger partial charge in [-0.2, -0.15) is 0 Å². The fourth-order valence-electron chi connectivity index (χ4n) is 0.578. The summed E-state index contributed by atoms with van der Waals surface area (Å²) in [7, 11) is 0. The molecule has 0 rings (SSSR count). The normalized spacial score (nSPS) is 8.58. The van der Waals surface area contributed by atoms with E-state index < -0.39 is 11.9 Å². The van der Waals surface area contributed by atoms with Gasteiger partial charge in [0, 0.05) is 12.8 Å². The average molecular weight is 170 g/mol. The van der Waals surface area contributed by atoms with Gasteiger partial charge in [-0.3, -0.25) is 9.59 Å². The average Bonchev–Trinajstić information content (AvgIpc) is 2.00. The van der Waals surface area contributed by atoms with Gasteiger partial charge in [0.2, 0.25) is 0 Å². The Hall–Kier alpha value is -1.50. The van der Waals surface area contributed by atoms with Crippen molar-refractivity contribution in [3.63, 3.8) is 0 Å². The van der Waals surface area contributed by atoms with Crippen molar-refractivity contribution in [1.29, 1.82) is 0 Å². The fraction of sp³-hybridized carbons (Fsp3) is 0.500. The number of hydrogen-bond donors (Lipinski definition) is 1. The van der Waals surface area contributed by atoms with E-state index in [1.54, 1.807) is 0 Å². The van der Waals surface area contributed by atoms with E-state index >= 15 is 0 Å². The van der Waals surface area contributed by atoms with Crippen LogP contribution >= 0.6 is 0 Å². The molecular formula is C8H10O4. The number of terminal acetylenes is 1. The molecule has 4 nitrogen and oxygen atoms in total. The predicted molar refractivity (Wildman–Crippen MR) is 41.3 cm³/mol. The van der Waals surface area contributed by atoms with Crippen LogP contribution in [0.3, 0.4) is 0 Å². The first-order valence-corrected chi connectivity index (χ1v) is 3.47. The second kappa shape index (κ2) is 6.23. The van der Waals surface area contributed by atoms with Crippen LogP contribution in [0.4, 0.5) is 0 Å². The van der Waals surface area contributed by atoms with Gasteiger partial charge in [-0.25, -0.2) is 0 Å². The van der Waals surface area contributed by atoms with Gasteiger partial charge in [-0.1, -0.05) is 5.92 Å². The quantitative estimate of drug-likeness (QED) is 0.479. The zero-order valence-electron chi connectivity index (χ0n) is 6.58. The van der Waals surface area contributed by atoms with Crippen LogP contribution in [0.1, 0.15) is 19.3 Å². The number of carboxylic acids is 1. The Labute approximate surface area is 70.5 Å². The fourth-order valence-corrected chi connectivity index (χ4v) is 0.578. The monoisotopic (exact) mass is 170 g/mol. The Morgan fingerprint density at radius 2 is 2.08 bits per heavy atom. The van der Waals surface area contributed by atoms with Gasteiger partial charge in [-0.15, -0.1) is 6.42 Å². The molecule has 0 saturated carbocycles. The van der Waals surface area contributed by atoms with Crippen LogP contribution in [0, 0.1) is 12.3 Å². The highest BCUT2D eigenvalue weighted by atomic mass is 16.5. The number of aliphatic carboxylic acids is 1. The molecule has 0 heterocycles. The molecule has 0 radical (unpaired) electrons. The molecule has 0 fully saturated rings. The van der Waals surface area contributed by atoms with Gasteiger partial charge in [0.1, 0.15) is 0 Å². The Bertz CT molecular complexity index is 202. The Morgan fingerprint density at radius 1 is 1.42 bits per heavy atom. The van der Waals surface area contributed by atoms with E-state index in [9.17, 15) is 9.59 Å². The molecule has 0 unspecified atom stereocenters. The topological polar surface area (TPSA) is 63.6 Å². The molecule has 0 amide bonds. The van der Waals surface area contributed by atoms with Gasteiger partial charge in [0.05, 0.1) is 0 Å². The summed E-state index contributed by atoms with van der Waals surface area (Å²) < 4.78 is 4.51. The zero-order valence-corrected chi connectivity index (χ0v) is 6.58. The second-order valence-corrected chi connectivity index (χ2v) is 2.11. The maximum atomic E-state index is 10.7. The van der Waals surface area contributed by atoms with Crippen molar-refractivity contribution in [2.24, 2.45) is 0 Å². The van der Waals surface area contributed by atoms with E-state index in [4.69, 9.17) is 11.5 Å². The van der Waals surface area contributed by atoms with E-state index in [0.717, 1.165) is 0 Å². The minimum atomic E-state index is -0.917. The molecule has 1 N–H and O–H groups in total. The number of hydrogen-bond acceptors (Lipinski definition) is 3. The first-order chi connectivity index (χ1) is 5.66. The van der Waals surface area contributed by atoms with Gasteiger partial charge in [-0.05, 0) is 6.42 Å². The lowest BCUT2D eigenvalue weighted by Crippen LogP contribution is -2.05. The number of esters is 1. The Morgan fingerprint density at radius 3 is 2.58 bits per heavy atom. The number of carbonyl (C=O) groups is 2. The maximum absolute atomic E-state index is 10.7. The summed E-state index contributed by atoms with van der Waals surface area (Å²) in [5.41, 5.74) is 0. The van der Waals surface area contributed by atoms with Crippen LogP contribution in [0.25, 0.3) is 0 Å². The van der Waals surface area contributed by atoms with Crippen molar-refractivity contribution in [3.05, 3.63) is 0 Å². The zero-order chi connectivity index (χ0) is 9.40. The summed E-state index contributed by atoms with van der Waals surface area (Å²) in [5, 5.41) is 8.22. The molecule has 0 aromatic rings. The molecule has 0 aliphatic rings. The van der Waals surface area contributed by atoms with Gasteiger partial charge in [0.25, 0.3) is 0 Å². The predicted octanol–water partition coefficient (Wildman–Crippen LogP) is 0.418. The largest absolute Gasteiger partial charge is 0.481 e. The van der Waals surface area contributed by atoms with E-state index in [1.165, 1.54) is 0 Å². The summed E-state index contributed by atoms with van der Waals surface area (Å²) in [6, 6.07) is 0. The van der Waals surface area contributed by atoms with E-state index in [2.05, 4.69) is 10.7 Å². The lowest BCUT2D eigenvalue weighted by atomic mass is 10.2. The van der Waals surface area contributed by atoms with Gasteiger partial charge < -0.3 is 9.84 Å². The molecule has 0 aromatic heterocycles. The van der Waals surface area contributed by atoms with E-state index in [1.807, 2.05) is 0 Å².